The van der Waals surface area contributed by atoms with E-state index >= 15 is 0 Å². The van der Waals surface area contributed by atoms with Crippen LogP contribution in [-0.4, -0.2) is 131 Å². The summed E-state index contributed by atoms with van der Waals surface area (Å²) in [5.74, 6) is -3.49. The highest BCUT2D eigenvalue weighted by Gasteiger charge is 2.51. The van der Waals surface area contributed by atoms with Crippen molar-refractivity contribution in [3.8, 4) is 40.1 Å². The van der Waals surface area contributed by atoms with E-state index in [0.29, 0.717) is 0 Å². The second-order valence-electron chi connectivity index (χ2n) is 10.3. The first-order valence-corrected chi connectivity index (χ1v) is 13.2. The van der Waals surface area contributed by atoms with Gasteiger partial charge in [-0.2, -0.15) is 0 Å². The first-order valence-electron chi connectivity index (χ1n) is 13.2. The molecule has 2 aliphatic rings. The van der Waals surface area contributed by atoms with Crippen molar-refractivity contribution in [1.29, 1.82) is 0 Å². The van der Waals surface area contributed by atoms with Crippen molar-refractivity contribution in [3.05, 3.63) is 40.6 Å². The van der Waals surface area contributed by atoms with Crippen LogP contribution >= 0.6 is 0 Å². The van der Waals surface area contributed by atoms with Gasteiger partial charge in [0.25, 0.3) is 0 Å². The quantitative estimate of drug-likeness (QED) is 0.119. The first-order chi connectivity index (χ1) is 20.9. The van der Waals surface area contributed by atoms with E-state index in [4.69, 9.17) is 23.4 Å². The average Bonchev–Trinajstić information content (AvgIpc) is 2.98. The van der Waals surface area contributed by atoms with E-state index in [1.807, 2.05) is 0 Å². The number of phenols is 4. The molecule has 0 bridgehead atoms. The van der Waals surface area contributed by atoms with Crippen molar-refractivity contribution in [2.45, 2.75) is 61.4 Å². The maximum atomic E-state index is 13.6. The largest absolute Gasteiger partial charge is 0.508 e. The van der Waals surface area contributed by atoms with Crippen LogP contribution in [0, 0.1) is 0 Å². The predicted octanol–water partition coefficient (Wildman–Crippen LogP) is -2.71. The van der Waals surface area contributed by atoms with Gasteiger partial charge in [-0.15, -0.1) is 0 Å². The molecule has 0 amide bonds. The van der Waals surface area contributed by atoms with Crippen LogP contribution in [0.5, 0.6) is 28.7 Å². The molecule has 2 aromatic carbocycles. The summed E-state index contributed by atoms with van der Waals surface area (Å²) < 4.78 is 27.8. The van der Waals surface area contributed by atoms with Crippen LogP contribution in [0.4, 0.5) is 0 Å². The number of hydrogen-bond acceptors (Lipinski definition) is 17. The Kier molecular flexibility index (Phi) is 8.87. The number of benzene rings is 2. The lowest BCUT2D eigenvalue weighted by atomic mass is 9.97. The zero-order valence-electron chi connectivity index (χ0n) is 22.4. The third kappa shape index (κ3) is 5.61. The highest BCUT2D eigenvalue weighted by molar-refractivity contribution is 5.88. The van der Waals surface area contributed by atoms with Crippen molar-refractivity contribution in [1.82, 2.24) is 0 Å². The molecule has 2 unspecified atom stereocenters. The van der Waals surface area contributed by atoms with Crippen LogP contribution in [0.3, 0.4) is 0 Å². The van der Waals surface area contributed by atoms with E-state index in [1.165, 1.54) is 6.07 Å². The molecular weight excluding hydrogens is 596 g/mol. The molecule has 5 rings (SSSR count). The van der Waals surface area contributed by atoms with E-state index in [9.17, 15) is 61.0 Å². The number of fused-ring (bicyclic) bond motifs is 1. The second kappa shape index (κ2) is 12.3. The van der Waals surface area contributed by atoms with Gasteiger partial charge in [-0.25, -0.2) is 0 Å². The average molecular weight is 627 g/mol. The van der Waals surface area contributed by atoms with E-state index in [2.05, 4.69) is 0 Å². The van der Waals surface area contributed by atoms with Crippen molar-refractivity contribution in [3.63, 3.8) is 0 Å². The van der Waals surface area contributed by atoms with Crippen LogP contribution in [0.15, 0.2) is 39.5 Å². The molecule has 11 N–H and O–H groups in total. The molecular formula is C27H30O17. The number of rotatable bonds is 7. The lowest BCUT2D eigenvalue weighted by molar-refractivity contribution is -0.352. The highest BCUT2D eigenvalue weighted by Crippen LogP contribution is 2.40. The molecule has 1 aromatic heterocycles. The molecule has 17 heteroatoms. The second-order valence-corrected chi connectivity index (χ2v) is 10.3. The summed E-state index contributed by atoms with van der Waals surface area (Å²) >= 11 is 0. The monoisotopic (exact) mass is 626 g/mol. The Bertz CT molecular complexity index is 1560. The van der Waals surface area contributed by atoms with Crippen LogP contribution in [0.2, 0.25) is 0 Å². The molecule has 3 heterocycles. The first kappa shape index (κ1) is 31.7. The summed E-state index contributed by atoms with van der Waals surface area (Å²) in [6.07, 6.45) is -17.9. The van der Waals surface area contributed by atoms with Crippen molar-refractivity contribution in [2.75, 3.05) is 13.2 Å². The summed E-state index contributed by atoms with van der Waals surface area (Å²) in [6, 6.07) is 5.14. The number of hydrogen-bond donors (Lipinski definition) is 11. The maximum Gasteiger partial charge on any atom is 0.239 e. The Morgan fingerprint density at radius 2 is 1.36 bits per heavy atom. The molecule has 2 aliphatic heterocycles. The Hall–Kier alpha value is -3.75. The van der Waals surface area contributed by atoms with Gasteiger partial charge in [-0.3, -0.25) is 4.79 Å². The molecule has 10 atom stereocenters. The molecule has 3 aromatic rings. The lowest BCUT2D eigenvalue weighted by Crippen LogP contribution is -2.65. The summed E-state index contributed by atoms with van der Waals surface area (Å²) in [5, 5.41) is 111. The van der Waals surface area contributed by atoms with Gasteiger partial charge >= 0.3 is 0 Å². The van der Waals surface area contributed by atoms with Gasteiger partial charge in [0.2, 0.25) is 17.5 Å². The number of phenolic OH excluding ortho intramolecular Hbond substituents is 4. The summed E-state index contributed by atoms with van der Waals surface area (Å²) in [7, 11) is 0. The minimum atomic E-state index is -2.04. The smallest absolute Gasteiger partial charge is 0.239 e. The Morgan fingerprint density at radius 1 is 0.705 bits per heavy atom. The SMILES string of the molecule is O=c1c(OC2O[C@H](CO)[C@H](O)[C@H](OC3O[C@H](CO)[C@@H](O)[C@H](O)[C@H]3O)[C@H]2O)c(-c2ccc(O)c(O)c2)oc2cc(O)cc(O)c12. The number of aliphatic hydroxyl groups is 7. The van der Waals surface area contributed by atoms with Crippen molar-refractivity contribution in [2.24, 2.45) is 0 Å². The molecule has 44 heavy (non-hydrogen) atoms. The van der Waals surface area contributed by atoms with E-state index in [0.717, 1.165) is 24.3 Å². The lowest BCUT2D eigenvalue weighted by Gasteiger charge is -2.45. The van der Waals surface area contributed by atoms with Crippen molar-refractivity contribution >= 4 is 11.0 Å². The normalized spacial score (nSPS) is 32.5. The van der Waals surface area contributed by atoms with Crippen LogP contribution in [0.25, 0.3) is 22.3 Å². The highest BCUT2D eigenvalue weighted by atomic mass is 16.7. The minimum absolute atomic E-state index is 0.0599. The maximum absolute atomic E-state index is 13.6. The van der Waals surface area contributed by atoms with Crippen LogP contribution < -0.4 is 10.2 Å². The summed E-state index contributed by atoms with van der Waals surface area (Å²) in [4.78, 5) is 13.6. The fraction of sp³-hybridized carbons (Fsp3) is 0.444. The van der Waals surface area contributed by atoms with Gasteiger partial charge in [0.1, 0.15) is 71.3 Å². The van der Waals surface area contributed by atoms with E-state index in [-0.39, 0.29) is 11.1 Å². The number of ether oxygens (including phenoxy) is 4. The Labute approximate surface area is 246 Å². The fourth-order valence-corrected chi connectivity index (χ4v) is 4.99. The van der Waals surface area contributed by atoms with E-state index in [1.54, 1.807) is 0 Å². The van der Waals surface area contributed by atoms with Gasteiger partial charge in [0.05, 0.1) is 13.2 Å². The van der Waals surface area contributed by atoms with Gasteiger partial charge in [-0.05, 0) is 18.2 Å². The zero-order chi connectivity index (χ0) is 32.0. The molecule has 0 aliphatic carbocycles. The third-order valence-corrected chi connectivity index (χ3v) is 7.35. The van der Waals surface area contributed by atoms with Gasteiger partial charge < -0.3 is 79.5 Å². The molecule has 17 nitrogen and oxygen atoms in total. The van der Waals surface area contributed by atoms with Crippen LogP contribution in [0.1, 0.15) is 0 Å². The molecule has 2 fully saturated rings. The molecule has 0 spiro atoms. The molecule has 0 saturated carbocycles. The molecule has 2 saturated heterocycles. The Morgan fingerprint density at radius 3 is 2.02 bits per heavy atom. The standard InChI is InChI=1S/C27H30O17/c28-6-14-17(34)20(37)21(38)26(41-14)43-24-18(35)15(7-29)42-27(22(24)39)44-25-19(36)16-12(33)4-9(30)5-13(16)40-23(25)8-1-2-10(31)11(32)3-8/h1-5,14-15,17-18,20-22,24,26-35,37-39H,6-7H2/t14-,15-,17-,18+,20+,21-,22-,24+,26?,27?/m1/s1. The zero-order valence-corrected chi connectivity index (χ0v) is 22.4. The Balaban J connectivity index is 1.55. The molecule has 0 radical (unpaired) electrons. The predicted molar refractivity (Wildman–Crippen MR) is 142 cm³/mol. The molecule has 240 valence electrons. The summed E-state index contributed by atoms with van der Waals surface area (Å²) in [5.41, 5.74) is -1.43. The van der Waals surface area contributed by atoms with Gasteiger partial charge in [-0.1, -0.05) is 0 Å². The van der Waals surface area contributed by atoms with Gasteiger partial charge in [0.15, 0.2) is 23.5 Å². The van der Waals surface area contributed by atoms with Gasteiger partial charge in [0, 0.05) is 17.7 Å². The summed E-state index contributed by atoms with van der Waals surface area (Å²) in [6.45, 7) is -1.68. The van der Waals surface area contributed by atoms with E-state index < -0.39 is 120 Å². The number of aromatic hydroxyl groups is 4. The number of aliphatic hydroxyl groups excluding tert-OH is 7. The topological polar surface area (TPSA) is 290 Å². The van der Waals surface area contributed by atoms with Crippen LogP contribution in [-0.2, 0) is 14.2 Å². The minimum Gasteiger partial charge on any atom is -0.508 e. The fourth-order valence-electron chi connectivity index (χ4n) is 4.99. The van der Waals surface area contributed by atoms with Crippen molar-refractivity contribution < 1.29 is 79.5 Å². The third-order valence-electron chi connectivity index (χ3n) is 7.35.